The van der Waals surface area contributed by atoms with Gasteiger partial charge in [-0.1, -0.05) is 30.3 Å². The van der Waals surface area contributed by atoms with E-state index in [1.54, 1.807) is 0 Å². The fourth-order valence-corrected chi connectivity index (χ4v) is 1.78. The third-order valence-electron chi connectivity index (χ3n) is 2.70. The summed E-state index contributed by atoms with van der Waals surface area (Å²) in [7, 11) is 0. The monoisotopic (exact) mass is 234 g/mol. The molecular weight excluding hydrogens is 220 g/mol. The second-order valence-corrected chi connectivity index (χ2v) is 3.96. The minimum absolute atomic E-state index is 0.259. The summed E-state index contributed by atoms with van der Waals surface area (Å²) in [6.45, 7) is 0.346. The van der Waals surface area contributed by atoms with Gasteiger partial charge in [-0.15, -0.1) is 0 Å². The summed E-state index contributed by atoms with van der Waals surface area (Å²) in [5.41, 5.74) is 0.990. The minimum atomic E-state index is -0.665. The molecule has 0 amide bonds. The maximum Gasteiger partial charge on any atom is 0.306 e. The molecule has 1 aromatic carbocycles. The summed E-state index contributed by atoms with van der Waals surface area (Å²) in [4.78, 5) is 21.9. The Morgan fingerprint density at radius 3 is 2.76 bits per heavy atom. The number of carbonyl (C=O) groups is 2. The van der Waals surface area contributed by atoms with Crippen LogP contribution in [0.3, 0.4) is 0 Å². The summed E-state index contributed by atoms with van der Waals surface area (Å²) in [6, 6.07) is 9.57. The zero-order chi connectivity index (χ0) is 12.1. The summed E-state index contributed by atoms with van der Waals surface area (Å²) in [5.74, 6) is -0.259. The van der Waals surface area contributed by atoms with Crippen molar-refractivity contribution in [1.29, 1.82) is 0 Å². The van der Waals surface area contributed by atoms with Gasteiger partial charge in [-0.25, -0.2) is 0 Å². The Bertz CT molecular complexity index is 388. The van der Waals surface area contributed by atoms with Crippen molar-refractivity contribution in [3.05, 3.63) is 35.9 Å². The Morgan fingerprint density at radius 1 is 1.41 bits per heavy atom. The first kappa shape index (κ1) is 11.8. The second kappa shape index (κ2) is 5.59. The smallest absolute Gasteiger partial charge is 0.306 e. The lowest BCUT2D eigenvalue weighted by Gasteiger charge is -2.17. The van der Waals surface area contributed by atoms with E-state index >= 15 is 0 Å². The molecule has 90 valence electrons. The van der Waals surface area contributed by atoms with Crippen molar-refractivity contribution in [2.45, 2.75) is 31.7 Å². The maximum atomic E-state index is 11.0. The lowest BCUT2D eigenvalue weighted by Crippen LogP contribution is -2.30. The highest BCUT2D eigenvalue weighted by atomic mass is 16.6. The molecule has 0 N–H and O–H groups in total. The van der Waals surface area contributed by atoms with Gasteiger partial charge in [0, 0.05) is 6.42 Å². The molecule has 2 atom stereocenters. The van der Waals surface area contributed by atoms with Gasteiger partial charge in [0.1, 0.15) is 12.2 Å². The van der Waals surface area contributed by atoms with E-state index in [9.17, 15) is 9.59 Å². The quantitative estimate of drug-likeness (QED) is 0.572. The summed E-state index contributed by atoms with van der Waals surface area (Å²) < 4.78 is 10.5. The zero-order valence-corrected chi connectivity index (χ0v) is 9.37. The number of ether oxygens (including phenoxy) is 2. The predicted octanol–water partition coefficient (Wildman–Crippen LogP) is 1.48. The Labute approximate surface area is 99.5 Å². The van der Waals surface area contributed by atoms with Crippen LogP contribution < -0.4 is 0 Å². The molecule has 4 heteroatoms. The Morgan fingerprint density at radius 2 is 2.18 bits per heavy atom. The van der Waals surface area contributed by atoms with Crippen LogP contribution in [0.2, 0.25) is 0 Å². The highest BCUT2D eigenvalue weighted by Gasteiger charge is 2.31. The van der Waals surface area contributed by atoms with Crippen molar-refractivity contribution in [2.24, 2.45) is 0 Å². The number of esters is 1. The van der Waals surface area contributed by atoms with Crippen LogP contribution in [0.1, 0.15) is 18.4 Å². The molecule has 0 bridgehead atoms. The predicted molar refractivity (Wildman–Crippen MR) is 60.2 cm³/mol. The average molecular weight is 234 g/mol. The van der Waals surface area contributed by atoms with E-state index in [1.165, 1.54) is 0 Å². The standard InChI is InChI=1S/C13H14O4/c14-8-12(11-6-7-13(15)17-11)16-9-10-4-2-1-3-5-10/h1-5,8,11-12H,6-7,9H2/t11-,12-/m1/s1. The molecule has 2 rings (SSSR count). The highest BCUT2D eigenvalue weighted by Crippen LogP contribution is 2.19. The summed E-state index contributed by atoms with van der Waals surface area (Å²) in [5, 5.41) is 0. The molecule has 0 spiro atoms. The van der Waals surface area contributed by atoms with Crippen LogP contribution in [0.15, 0.2) is 30.3 Å². The Kier molecular flexibility index (Phi) is 3.88. The van der Waals surface area contributed by atoms with Crippen molar-refractivity contribution < 1.29 is 19.1 Å². The van der Waals surface area contributed by atoms with Crippen molar-refractivity contribution >= 4 is 12.3 Å². The lowest BCUT2D eigenvalue weighted by atomic mass is 10.1. The van der Waals surface area contributed by atoms with Crippen molar-refractivity contribution in [1.82, 2.24) is 0 Å². The van der Waals surface area contributed by atoms with Gasteiger partial charge in [-0.05, 0) is 12.0 Å². The normalized spacial score (nSPS) is 20.9. The molecule has 1 aliphatic heterocycles. The molecule has 4 nitrogen and oxygen atoms in total. The van der Waals surface area contributed by atoms with Crippen molar-refractivity contribution in [3.8, 4) is 0 Å². The topological polar surface area (TPSA) is 52.6 Å². The van der Waals surface area contributed by atoms with Crippen molar-refractivity contribution in [3.63, 3.8) is 0 Å². The second-order valence-electron chi connectivity index (χ2n) is 3.96. The average Bonchev–Trinajstić information content (AvgIpc) is 2.78. The van der Waals surface area contributed by atoms with Crippen LogP contribution in [-0.2, 0) is 25.7 Å². The molecule has 1 saturated heterocycles. The van der Waals surface area contributed by atoms with Gasteiger partial charge < -0.3 is 14.3 Å². The van der Waals surface area contributed by atoms with Crippen LogP contribution in [0.5, 0.6) is 0 Å². The molecule has 0 unspecified atom stereocenters. The molecule has 1 aliphatic rings. The number of aldehydes is 1. The number of hydrogen-bond acceptors (Lipinski definition) is 4. The number of hydrogen-bond donors (Lipinski definition) is 0. The number of cyclic esters (lactones) is 1. The molecule has 1 aromatic rings. The highest BCUT2D eigenvalue weighted by molar-refractivity contribution is 5.72. The first-order valence-corrected chi connectivity index (χ1v) is 5.60. The SMILES string of the molecule is O=C[C@@H](OCc1ccccc1)[C@H]1CCC(=O)O1. The van der Waals surface area contributed by atoms with Gasteiger partial charge in [0.25, 0.3) is 0 Å². The third-order valence-corrected chi connectivity index (χ3v) is 2.70. The lowest BCUT2D eigenvalue weighted by molar-refractivity contribution is -0.149. The van der Waals surface area contributed by atoms with Gasteiger partial charge in [0.05, 0.1) is 6.61 Å². The van der Waals surface area contributed by atoms with Gasteiger partial charge in [-0.3, -0.25) is 4.79 Å². The summed E-state index contributed by atoms with van der Waals surface area (Å²) >= 11 is 0. The minimum Gasteiger partial charge on any atom is -0.459 e. The molecule has 1 fully saturated rings. The molecular formula is C13H14O4. The van der Waals surface area contributed by atoms with Gasteiger partial charge >= 0.3 is 5.97 Å². The fraction of sp³-hybridized carbons (Fsp3) is 0.385. The van der Waals surface area contributed by atoms with Gasteiger partial charge in [-0.2, -0.15) is 0 Å². The third kappa shape index (κ3) is 3.14. The largest absolute Gasteiger partial charge is 0.459 e. The van der Waals surface area contributed by atoms with E-state index in [0.29, 0.717) is 25.7 Å². The molecule has 0 saturated carbocycles. The molecule has 17 heavy (non-hydrogen) atoms. The molecule has 1 heterocycles. The number of benzene rings is 1. The Balaban J connectivity index is 1.88. The van der Waals surface area contributed by atoms with E-state index in [0.717, 1.165) is 5.56 Å². The van der Waals surface area contributed by atoms with Crippen LogP contribution >= 0.6 is 0 Å². The first-order chi connectivity index (χ1) is 8.29. The van der Waals surface area contributed by atoms with Crippen molar-refractivity contribution in [2.75, 3.05) is 0 Å². The van der Waals surface area contributed by atoms with Gasteiger partial charge in [0.2, 0.25) is 0 Å². The van der Waals surface area contributed by atoms with E-state index in [4.69, 9.17) is 9.47 Å². The van der Waals surface area contributed by atoms with Crippen LogP contribution in [0.25, 0.3) is 0 Å². The van der Waals surface area contributed by atoms with E-state index in [-0.39, 0.29) is 5.97 Å². The first-order valence-electron chi connectivity index (χ1n) is 5.60. The molecule has 0 aliphatic carbocycles. The van der Waals surface area contributed by atoms with Crippen LogP contribution in [0, 0.1) is 0 Å². The van der Waals surface area contributed by atoms with Crippen LogP contribution in [0.4, 0.5) is 0 Å². The van der Waals surface area contributed by atoms with E-state index in [1.807, 2.05) is 30.3 Å². The summed E-state index contributed by atoms with van der Waals surface area (Å²) in [6.07, 6.45) is 0.526. The van der Waals surface area contributed by atoms with Gasteiger partial charge in [0.15, 0.2) is 6.29 Å². The van der Waals surface area contributed by atoms with E-state index in [2.05, 4.69) is 0 Å². The Hall–Kier alpha value is -1.68. The van der Waals surface area contributed by atoms with E-state index < -0.39 is 12.2 Å². The van der Waals surface area contributed by atoms with Crippen LogP contribution in [-0.4, -0.2) is 24.5 Å². The molecule has 0 radical (unpaired) electrons. The zero-order valence-electron chi connectivity index (χ0n) is 9.37. The number of carbonyl (C=O) groups excluding carboxylic acids is 2. The molecule has 0 aromatic heterocycles. The fourth-order valence-electron chi connectivity index (χ4n) is 1.78. The number of rotatable bonds is 5. The maximum absolute atomic E-state index is 11.0.